The van der Waals surface area contributed by atoms with E-state index in [2.05, 4.69) is 46.0 Å². The van der Waals surface area contributed by atoms with E-state index in [1.54, 1.807) is 6.92 Å². The Balaban J connectivity index is 2.71. The maximum absolute atomic E-state index is 11.0. The number of H-pyrrole nitrogens is 1. The Morgan fingerprint density at radius 3 is 2.72 bits per heavy atom. The van der Waals surface area contributed by atoms with E-state index in [1.807, 2.05) is 6.92 Å². The molecule has 0 radical (unpaired) electrons. The molecule has 6 heteroatoms. The quantitative estimate of drug-likeness (QED) is 0.638. The lowest BCUT2D eigenvalue weighted by molar-refractivity contribution is 0.152. The minimum atomic E-state index is -0.571. The standard InChI is InChI=1S/C12H20N4O2/c1-6-18-11(17)16-13-7-9-8(2)14-10(15-9)12(3,4)5/h7H,6H2,1-5H3,(H,14,15)(H,16,17)/b13-7-. The van der Waals surface area contributed by atoms with Crippen molar-refractivity contribution in [3.05, 3.63) is 17.2 Å². The van der Waals surface area contributed by atoms with Gasteiger partial charge in [-0.05, 0) is 13.8 Å². The molecule has 0 atom stereocenters. The van der Waals surface area contributed by atoms with Gasteiger partial charge in [0.1, 0.15) is 11.5 Å². The van der Waals surface area contributed by atoms with Gasteiger partial charge in [-0.1, -0.05) is 20.8 Å². The highest BCUT2D eigenvalue weighted by molar-refractivity contribution is 5.80. The average Bonchev–Trinajstić information content (AvgIpc) is 2.60. The molecule has 0 bridgehead atoms. The van der Waals surface area contributed by atoms with Crippen molar-refractivity contribution in [2.75, 3.05) is 6.61 Å². The molecule has 1 rings (SSSR count). The molecule has 0 aromatic carbocycles. The molecule has 1 amide bonds. The predicted molar refractivity (Wildman–Crippen MR) is 69.8 cm³/mol. The summed E-state index contributed by atoms with van der Waals surface area (Å²) < 4.78 is 4.68. The van der Waals surface area contributed by atoms with Crippen LogP contribution in [0, 0.1) is 6.92 Å². The number of hydrazone groups is 1. The zero-order valence-electron chi connectivity index (χ0n) is 11.5. The maximum Gasteiger partial charge on any atom is 0.427 e. The number of nitrogens with one attached hydrogen (secondary N) is 2. The van der Waals surface area contributed by atoms with Crippen LogP contribution >= 0.6 is 0 Å². The maximum atomic E-state index is 11.0. The number of nitrogens with zero attached hydrogens (tertiary/aromatic N) is 2. The van der Waals surface area contributed by atoms with E-state index in [-0.39, 0.29) is 5.41 Å². The lowest BCUT2D eigenvalue weighted by atomic mass is 9.96. The average molecular weight is 252 g/mol. The van der Waals surface area contributed by atoms with Crippen LogP contribution < -0.4 is 5.43 Å². The zero-order valence-corrected chi connectivity index (χ0v) is 11.5. The topological polar surface area (TPSA) is 79.4 Å². The molecule has 0 aliphatic carbocycles. The number of hydrogen-bond acceptors (Lipinski definition) is 4. The second kappa shape index (κ2) is 5.66. The van der Waals surface area contributed by atoms with E-state index in [0.717, 1.165) is 11.5 Å². The Kier molecular flexibility index (Phi) is 4.47. The van der Waals surface area contributed by atoms with Gasteiger partial charge in [0.25, 0.3) is 0 Å². The molecule has 6 nitrogen and oxygen atoms in total. The van der Waals surface area contributed by atoms with Gasteiger partial charge in [-0.2, -0.15) is 5.10 Å². The monoisotopic (exact) mass is 252 g/mol. The Morgan fingerprint density at radius 2 is 2.22 bits per heavy atom. The largest absolute Gasteiger partial charge is 0.449 e. The van der Waals surface area contributed by atoms with Crippen LogP contribution in [0.1, 0.15) is 44.9 Å². The normalized spacial score (nSPS) is 11.8. The number of aromatic amines is 1. The first-order valence-electron chi connectivity index (χ1n) is 5.87. The Labute approximate surface area is 107 Å². The number of aryl methyl sites for hydroxylation is 1. The SMILES string of the molecule is CCOC(=O)N/N=C\c1nc(C(C)(C)C)[nH]c1C. The van der Waals surface area contributed by atoms with Crippen LogP contribution in [0.4, 0.5) is 4.79 Å². The van der Waals surface area contributed by atoms with E-state index in [0.29, 0.717) is 12.3 Å². The predicted octanol–water partition coefficient (Wildman–Crippen LogP) is 2.10. The van der Waals surface area contributed by atoms with Crippen molar-refractivity contribution in [2.24, 2.45) is 5.10 Å². The van der Waals surface area contributed by atoms with E-state index in [4.69, 9.17) is 0 Å². The first-order chi connectivity index (χ1) is 8.34. The molecular weight excluding hydrogens is 232 g/mol. The fraction of sp³-hybridized carbons (Fsp3) is 0.583. The van der Waals surface area contributed by atoms with Gasteiger partial charge in [0.2, 0.25) is 0 Å². The van der Waals surface area contributed by atoms with Gasteiger partial charge in [0.15, 0.2) is 0 Å². The van der Waals surface area contributed by atoms with E-state index in [9.17, 15) is 4.79 Å². The lowest BCUT2D eigenvalue weighted by Crippen LogP contribution is -2.18. The number of amides is 1. The van der Waals surface area contributed by atoms with Crippen LogP contribution in [-0.2, 0) is 10.2 Å². The third kappa shape index (κ3) is 3.87. The van der Waals surface area contributed by atoms with Crippen molar-refractivity contribution in [3.63, 3.8) is 0 Å². The van der Waals surface area contributed by atoms with Crippen molar-refractivity contribution in [2.45, 2.75) is 40.0 Å². The van der Waals surface area contributed by atoms with Crippen LogP contribution in [0.5, 0.6) is 0 Å². The number of imidazole rings is 1. The first kappa shape index (κ1) is 14.2. The highest BCUT2D eigenvalue weighted by Crippen LogP contribution is 2.19. The Morgan fingerprint density at radius 1 is 1.56 bits per heavy atom. The Bertz CT molecular complexity index is 443. The van der Waals surface area contributed by atoms with Crippen molar-refractivity contribution >= 4 is 12.3 Å². The second-order valence-corrected chi connectivity index (χ2v) is 4.94. The molecule has 100 valence electrons. The van der Waals surface area contributed by atoms with Crippen LogP contribution in [-0.4, -0.2) is 28.9 Å². The van der Waals surface area contributed by atoms with Gasteiger partial charge < -0.3 is 9.72 Å². The third-order valence-corrected chi connectivity index (χ3v) is 2.25. The summed E-state index contributed by atoms with van der Waals surface area (Å²) in [6.45, 7) is 10.2. The molecule has 18 heavy (non-hydrogen) atoms. The Hall–Kier alpha value is -1.85. The minimum Gasteiger partial charge on any atom is -0.449 e. The van der Waals surface area contributed by atoms with Crippen molar-refractivity contribution in [1.29, 1.82) is 0 Å². The first-order valence-corrected chi connectivity index (χ1v) is 5.87. The van der Waals surface area contributed by atoms with Crippen LogP contribution in [0.3, 0.4) is 0 Å². The molecule has 0 saturated heterocycles. The van der Waals surface area contributed by atoms with Gasteiger partial charge >= 0.3 is 6.09 Å². The van der Waals surface area contributed by atoms with Gasteiger partial charge in [0.05, 0.1) is 12.8 Å². The highest BCUT2D eigenvalue weighted by Gasteiger charge is 2.18. The summed E-state index contributed by atoms with van der Waals surface area (Å²) in [5, 5.41) is 3.78. The summed E-state index contributed by atoms with van der Waals surface area (Å²) in [6.07, 6.45) is 0.927. The lowest BCUT2D eigenvalue weighted by Gasteiger charge is -2.13. The number of ether oxygens (including phenoxy) is 1. The van der Waals surface area contributed by atoms with Crippen molar-refractivity contribution in [3.8, 4) is 0 Å². The summed E-state index contributed by atoms with van der Waals surface area (Å²) in [7, 11) is 0. The summed E-state index contributed by atoms with van der Waals surface area (Å²) >= 11 is 0. The summed E-state index contributed by atoms with van der Waals surface area (Å²) in [5.74, 6) is 0.887. The van der Waals surface area contributed by atoms with Crippen LogP contribution in [0.2, 0.25) is 0 Å². The van der Waals surface area contributed by atoms with Gasteiger partial charge in [-0.15, -0.1) is 0 Å². The van der Waals surface area contributed by atoms with E-state index >= 15 is 0 Å². The molecular formula is C12H20N4O2. The molecule has 0 unspecified atom stereocenters. The molecule has 0 saturated carbocycles. The number of carbonyl (C=O) groups is 1. The fourth-order valence-corrected chi connectivity index (χ4v) is 1.26. The van der Waals surface area contributed by atoms with Crippen LogP contribution in [0.15, 0.2) is 5.10 Å². The molecule has 2 N–H and O–H groups in total. The molecule has 1 aromatic heterocycles. The molecule has 0 fully saturated rings. The number of carbonyl (C=O) groups excluding carboxylic acids is 1. The minimum absolute atomic E-state index is 0.0502. The van der Waals surface area contributed by atoms with Crippen LogP contribution in [0.25, 0.3) is 0 Å². The summed E-state index contributed by atoms with van der Waals surface area (Å²) in [4.78, 5) is 18.6. The van der Waals surface area contributed by atoms with E-state index < -0.39 is 6.09 Å². The highest BCUT2D eigenvalue weighted by atomic mass is 16.5. The van der Waals surface area contributed by atoms with E-state index in [1.165, 1.54) is 6.21 Å². The third-order valence-electron chi connectivity index (χ3n) is 2.25. The van der Waals surface area contributed by atoms with Crippen molar-refractivity contribution < 1.29 is 9.53 Å². The fourth-order valence-electron chi connectivity index (χ4n) is 1.26. The molecule has 1 aromatic rings. The summed E-state index contributed by atoms with van der Waals surface area (Å²) in [6, 6.07) is 0. The molecule has 0 spiro atoms. The number of hydrogen-bond donors (Lipinski definition) is 2. The molecule has 0 aliphatic rings. The number of aromatic nitrogens is 2. The van der Waals surface area contributed by atoms with Gasteiger partial charge in [-0.3, -0.25) is 0 Å². The zero-order chi connectivity index (χ0) is 13.8. The van der Waals surface area contributed by atoms with Gasteiger partial charge in [0, 0.05) is 11.1 Å². The summed E-state index contributed by atoms with van der Waals surface area (Å²) in [5.41, 5.74) is 3.83. The molecule has 1 heterocycles. The van der Waals surface area contributed by atoms with Gasteiger partial charge in [-0.25, -0.2) is 15.2 Å². The molecule has 0 aliphatic heterocycles. The van der Waals surface area contributed by atoms with Crippen molar-refractivity contribution in [1.82, 2.24) is 15.4 Å². The number of rotatable bonds is 3. The second-order valence-electron chi connectivity index (χ2n) is 4.94. The smallest absolute Gasteiger partial charge is 0.427 e.